The van der Waals surface area contributed by atoms with E-state index in [-0.39, 0.29) is 16.7 Å². The maximum Gasteiger partial charge on any atom is 0.252 e. The third kappa shape index (κ3) is 4.27. The van der Waals surface area contributed by atoms with Crippen LogP contribution in [0.3, 0.4) is 0 Å². The number of hydrogen-bond acceptors (Lipinski definition) is 6. The van der Waals surface area contributed by atoms with Crippen molar-refractivity contribution < 1.29 is 22.7 Å². The standard InChI is InChI=1S/C18H21ClN2O5S2/c1-3-21(4-2)28(23,24)16-6-5-13(27-16)11-20-18(22)12-9-14(19)17-15(10-12)25-7-8-26-17/h5-6,9-10H,3-4,7-8,11H2,1-2H3,(H,20,22). The molecule has 1 aromatic heterocycles. The van der Waals surface area contributed by atoms with E-state index in [1.165, 1.54) is 10.4 Å². The van der Waals surface area contributed by atoms with Crippen LogP contribution in [0.2, 0.25) is 5.02 Å². The first kappa shape index (κ1) is 20.9. The van der Waals surface area contributed by atoms with Gasteiger partial charge in [-0.2, -0.15) is 4.31 Å². The zero-order chi connectivity index (χ0) is 20.3. The van der Waals surface area contributed by atoms with Gasteiger partial charge in [0.15, 0.2) is 11.5 Å². The van der Waals surface area contributed by atoms with Gasteiger partial charge in [0.05, 0.1) is 11.6 Å². The lowest BCUT2D eigenvalue weighted by molar-refractivity contribution is 0.0950. The summed E-state index contributed by atoms with van der Waals surface area (Å²) >= 11 is 7.31. The fourth-order valence-corrected chi connectivity index (χ4v) is 5.97. The van der Waals surface area contributed by atoms with Gasteiger partial charge in [0, 0.05) is 23.5 Å². The summed E-state index contributed by atoms with van der Waals surface area (Å²) in [6, 6.07) is 6.38. The molecule has 1 N–H and O–H groups in total. The smallest absolute Gasteiger partial charge is 0.252 e. The van der Waals surface area contributed by atoms with Crippen LogP contribution in [0.5, 0.6) is 11.5 Å². The van der Waals surface area contributed by atoms with Crippen molar-refractivity contribution in [2.24, 2.45) is 0 Å². The van der Waals surface area contributed by atoms with E-state index in [1.807, 2.05) is 0 Å². The highest BCUT2D eigenvalue weighted by atomic mass is 35.5. The molecule has 28 heavy (non-hydrogen) atoms. The molecule has 0 aliphatic carbocycles. The highest BCUT2D eigenvalue weighted by Gasteiger charge is 2.24. The summed E-state index contributed by atoms with van der Waals surface area (Å²) in [4.78, 5) is 13.2. The largest absolute Gasteiger partial charge is 0.486 e. The van der Waals surface area contributed by atoms with E-state index in [0.717, 1.165) is 16.2 Å². The topological polar surface area (TPSA) is 84.9 Å². The van der Waals surface area contributed by atoms with Crippen molar-refractivity contribution >= 4 is 38.9 Å². The van der Waals surface area contributed by atoms with Crippen LogP contribution >= 0.6 is 22.9 Å². The first-order valence-corrected chi connectivity index (χ1v) is 11.5. The van der Waals surface area contributed by atoms with Gasteiger partial charge >= 0.3 is 0 Å². The molecule has 1 aliphatic rings. The monoisotopic (exact) mass is 444 g/mol. The fraction of sp³-hybridized carbons (Fsp3) is 0.389. The number of thiophene rings is 1. The zero-order valence-electron chi connectivity index (χ0n) is 15.5. The van der Waals surface area contributed by atoms with Crippen LogP contribution in [-0.4, -0.2) is 44.9 Å². The molecule has 1 amide bonds. The lowest BCUT2D eigenvalue weighted by Gasteiger charge is -2.20. The molecule has 0 radical (unpaired) electrons. The summed E-state index contributed by atoms with van der Waals surface area (Å²) in [7, 11) is -3.50. The molecular formula is C18H21ClN2O5S2. The highest BCUT2D eigenvalue weighted by molar-refractivity contribution is 7.91. The number of nitrogens with zero attached hydrogens (tertiary/aromatic N) is 1. The van der Waals surface area contributed by atoms with Gasteiger partial charge in [-0.05, 0) is 24.3 Å². The molecule has 1 aromatic carbocycles. The molecule has 2 heterocycles. The van der Waals surface area contributed by atoms with Gasteiger partial charge in [0.25, 0.3) is 15.9 Å². The van der Waals surface area contributed by atoms with Crippen LogP contribution in [0, 0.1) is 0 Å². The number of carbonyl (C=O) groups is 1. The minimum absolute atomic E-state index is 0.212. The number of rotatable bonds is 7. The average molecular weight is 445 g/mol. The molecule has 3 rings (SSSR count). The van der Waals surface area contributed by atoms with E-state index in [2.05, 4.69) is 5.32 Å². The number of halogens is 1. The third-order valence-corrected chi connectivity index (χ3v) is 8.10. The van der Waals surface area contributed by atoms with E-state index in [0.29, 0.717) is 48.4 Å². The molecule has 0 atom stereocenters. The van der Waals surface area contributed by atoms with Crippen molar-refractivity contribution in [1.29, 1.82) is 0 Å². The van der Waals surface area contributed by atoms with Crippen molar-refractivity contribution in [1.82, 2.24) is 9.62 Å². The lowest BCUT2D eigenvalue weighted by atomic mass is 10.1. The van der Waals surface area contributed by atoms with E-state index in [4.69, 9.17) is 21.1 Å². The summed E-state index contributed by atoms with van der Waals surface area (Å²) in [6.45, 7) is 5.44. The Hall–Kier alpha value is -1.81. The van der Waals surface area contributed by atoms with Gasteiger partial charge in [-0.15, -0.1) is 11.3 Å². The minimum Gasteiger partial charge on any atom is -0.486 e. The predicted octanol–water partition coefficient (Wildman–Crippen LogP) is 3.13. The van der Waals surface area contributed by atoms with Gasteiger partial charge in [-0.1, -0.05) is 25.4 Å². The Morgan fingerprint density at radius 1 is 1.21 bits per heavy atom. The van der Waals surface area contributed by atoms with Gasteiger partial charge < -0.3 is 14.8 Å². The second-order valence-electron chi connectivity index (χ2n) is 5.98. The number of ether oxygens (including phenoxy) is 2. The number of amides is 1. The number of nitrogens with one attached hydrogen (secondary N) is 1. The predicted molar refractivity (Wildman–Crippen MR) is 108 cm³/mol. The van der Waals surface area contributed by atoms with Crippen LogP contribution in [0.15, 0.2) is 28.5 Å². The second kappa shape index (κ2) is 8.69. The molecule has 152 valence electrons. The molecule has 7 nitrogen and oxygen atoms in total. The maximum absolute atomic E-state index is 12.5. The number of hydrogen-bond donors (Lipinski definition) is 1. The van der Waals surface area contributed by atoms with Gasteiger partial charge in [-0.25, -0.2) is 8.42 Å². The second-order valence-corrected chi connectivity index (χ2v) is 9.72. The van der Waals surface area contributed by atoms with Crippen molar-refractivity contribution in [3.05, 3.63) is 39.7 Å². The van der Waals surface area contributed by atoms with Crippen molar-refractivity contribution in [2.75, 3.05) is 26.3 Å². The zero-order valence-corrected chi connectivity index (χ0v) is 17.9. The maximum atomic E-state index is 12.5. The Morgan fingerprint density at radius 3 is 2.64 bits per heavy atom. The van der Waals surface area contributed by atoms with Crippen LogP contribution in [0.25, 0.3) is 0 Å². The first-order chi connectivity index (χ1) is 13.4. The highest BCUT2D eigenvalue weighted by Crippen LogP contribution is 2.38. The van der Waals surface area contributed by atoms with Crippen LogP contribution < -0.4 is 14.8 Å². The Bertz CT molecular complexity index is 970. The number of benzene rings is 1. The molecule has 0 spiro atoms. The molecule has 1 aliphatic heterocycles. The Balaban J connectivity index is 1.69. The fourth-order valence-electron chi connectivity index (χ4n) is 2.79. The van der Waals surface area contributed by atoms with E-state index in [9.17, 15) is 13.2 Å². The number of sulfonamides is 1. The SMILES string of the molecule is CCN(CC)S(=O)(=O)c1ccc(CNC(=O)c2cc(Cl)c3c(c2)OCCO3)s1. The molecule has 2 aromatic rings. The lowest BCUT2D eigenvalue weighted by Crippen LogP contribution is -2.30. The minimum atomic E-state index is -3.50. The van der Waals surface area contributed by atoms with E-state index >= 15 is 0 Å². The molecule has 0 unspecified atom stereocenters. The summed E-state index contributed by atoms with van der Waals surface area (Å²) in [5, 5.41) is 3.09. The van der Waals surface area contributed by atoms with Crippen LogP contribution in [-0.2, 0) is 16.6 Å². The Labute approximate surface area is 173 Å². The molecule has 0 bridgehead atoms. The van der Waals surface area contributed by atoms with Gasteiger partial charge in [-0.3, -0.25) is 4.79 Å². The first-order valence-electron chi connectivity index (χ1n) is 8.83. The summed E-state index contributed by atoms with van der Waals surface area (Å²) < 4.78 is 37.7. The normalized spacial score (nSPS) is 13.6. The Kier molecular flexibility index (Phi) is 6.49. The third-order valence-electron chi connectivity index (χ3n) is 4.22. The van der Waals surface area contributed by atoms with Crippen molar-refractivity contribution in [2.45, 2.75) is 24.6 Å². The molecule has 0 saturated carbocycles. The Morgan fingerprint density at radius 2 is 1.93 bits per heavy atom. The van der Waals surface area contributed by atoms with Crippen molar-refractivity contribution in [3.63, 3.8) is 0 Å². The number of carbonyl (C=O) groups excluding carboxylic acids is 1. The molecular weight excluding hydrogens is 424 g/mol. The number of fused-ring (bicyclic) bond motifs is 1. The summed E-state index contributed by atoms with van der Waals surface area (Å²) in [6.07, 6.45) is 0. The summed E-state index contributed by atoms with van der Waals surface area (Å²) in [5.41, 5.74) is 0.349. The molecule has 10 heteroatoms. The van der Waals surface area contributed by atoms with Gasteiger partial charge in [0.2, 0.25) is 0 Å². The van der Waals surface area contributed by atoms with Crippen LogP contribution in [0.1, 0.15) is 29.1 Å². The summed E-state index contributed by atoms with van der Waals surface area (Å²) in [5.74, 6) is 0.544. The van der Waals surface area contributed by atoms with Crippen LogP contribution in [0.4, 0.5) is 0 Å². The molecule has 0 saturated heterocycles. The van der Waals surface area contributed by atoms with E-state index < -0.39 is 10.0 Å². The molecule has 0 fully saturated rings. The average Bonchev–Trinajstić information content (AvgIpc) is 3.17. The van der Waals surface area contributed by atoms with Gasteiger partial charge in [0.1, 0.15) is 17.4 Å². The van der Waals surface area contributed by atoms with E-state index in [1.54, 1.807) is 32.0 Å². The quantitative estimate of drug-likeness (QED) is 0.709. The van der Waals surface area contributed by atoms with Crippen molar-refractivity contribution in [3.8, 4) is 11.5 Å².